The number of aromatic nitrogens is 1. The number of nitrogens with one attached hydrogen (secondary N) is 2. The van der Waals surface area contributed by atoms with Crippen LogP contribution in [0.5, 0.6) is 11.5 Å². The predicted octanol–water partition coefficient (Wildman–Crippen LogP) is 6.49. The molecule has 41 heavy (non-hydrogen) atoms. The predicted molar refractivity (Wildman–Crippen MR) is 162 cm³/mol. The Hall–Kier alpha value is -4.07. The van der Waals surface area contributed by atoms with Crippen molar-refractivity contribution in [2.75, 3.05) is 7.11 Å². The van der Waals surface area contributed by atoms with Crippen molar-refractivity contribution in [2.24, 2.45) is 4.99 Å². The van der Waals surface area contributed by atoms with Gasteiger partial charge in [0, 0.05) is 35.1 Å². The largest absolute Gasteiger partial charge is 0.497 e. The highest BCUT2D eigenvalue weighted by Crippen LogP contribution is 2.44. The number of hydrogen-bond donors (Lipinski definition) is 2. The van der Waals surface area contributed by atoms with Crippen LogP contribution in [0.2, 0.25) is 10.0 Å². The molecule has 1 aromatic heterocycles. The maximum absolute atomic E-state index is 14.4. The Bertz CT molecular complexity index is 1540. The number of pyridine rings is 1. The molecule has 0 unspecified atom stereocenters. The van der Waals surface area contributed by atoms with E-state index in [2.05, 4.69) is 15.6 Å². The summed E-state index contributed by atoms with van der Waals surface area (Å²) in [6.07, 6.45) is 3.30. The van der Waals surface area contributed by atoms with Crippen LogP contribution in [-0.4, -0.2) is 29.9 Å². The van der Waals surface area contributed by atoms with Crippen molar-refractivity contribution in [3.63, 3.8) is 0 Å². The number of methoxy groups -OCH3 is 1. The number of carbonyl (C=O) groups excluding carboxylic acids is 1. The van der Waals surface area contributed by atoms with Crippen molar-refractivity contribution in [1.82, 2.24) is 15.6 Å². The number of halogens is 2. The second kappa shape index (κ2) is 12.2. The zero-order valence-electron chi connectivity index (χ0n) is 22.9. The normalized spacial score (nSPS) is 18.0. The van der Waals surface area contributed by atoms with Gasteiger partial charge in [-0.2, -0.15) is 0 Å². The maximum atomic E-state index is 14.4. The standard InChI is InChI=1S/C32H30Cl2N4O3/c1-20(2)41-28-18-26(40-3)12-13-27(28)30-37-29(22-4-8-24(33)9-5-22)32(38-30,23-6-10-25(34)11-7-23)31(39)36-19-21-14-16-35-17-15-21/h4-18,20,29H,19H2,1-3H3,(H,36,39)(H,37,38)/t29-,32+/m1/s1. The first kappa shape index (κ1) is 28.5. The van der Waals surface area contributed by atoms with Crippen molar-refractivity contribution in [1.29, 1.82) is 0 Å². The third-order valence-electron chi connectivity index (χ3n) is 6.84. The van der Waals surface area contributed by atoms with Gasteiger partial charge in [0.1, 0.15) is 23.4 Å². The average Bonchev–Trinajstić information content (AvgIpc) is 3.38. The monoisotopic (exact) mass is 588 g/mol. The van der Waals surface area contributed by atoms with Gasteiger partial charge in [0.2, 0.25) is 0 Å². The summed E-state index contributed by atoms with van der Waals surface area (Å²) < 4.78 is 11.6. The average molecular weight is 590 g/mol. The molecule has 4 aromatic rings. The fourth-order valence-electron chi connectivity index (χ4n) is 4.87. The summed E-state index contributed by atoms with van der Waals surface area (Å²) in [6.45, 7) is 4.22. The molecule has 5 rings (SSSR count). The number of amides is 1. The van der Waals surface area contributed by atoms with Gasteiger partial charge >= 0.3 is 0 Å². The van der Waals surface area contributed by atoms with Crippen molar-refractivity contribution in [3.05, 3.63) is 124 Å². The number of hydrogen-bond acceptors (Lipinski definition) is 6. The van der Waals surface area contributed by atoms with Gasteiger partial charge in [0.15, 0.2) is 5.54 Å². The van der Waals surface area contributed by atoms with Crippen LogP contribution in [0.4, 0.5) is 0 Å². The van der Waals surface area contributed by atoms with Gasteiger partial charge in [0.25, 0.3) is 5.91 Å². The highest BCUT2D eigenvalue weighted by atomic mass is 35.5. The fourth-order valence-corrected chi connectivity index (χ4v) is 5.13. The molecule has 0 spiro atoms. The number of amidine groups is 1. The van der Waals surface area contributed by atoms with Crippen LogP contribution < -0.4 is 20.1 Å². The first-order valence-electron chi connectivity index (χ1n) is 13.2. The highest BCUT2D eigenvalue weighted by molar-refractivity contribution is 6.30. The number of rotatable bonds is 9. The van der Waals surface area contributed by atoms with E-state index in [1.807, 2.05) is 68.4 Å². The van der Waals surface area contributed by atoms with Crippen LogP contribution in [0.25, 0.3) is 0 Å². The Morgan fingerprint density at radius 1 is 0.976 bits per heavy atom. The molecule has 2 N–H and O–H groups in total. The summed E-state index contributed by atoms with van der Waals surface area (Å²) in [5, 5.41) is 7.82. The lowest BCUT2D eigenvalue weighted by Gasteiger charge is -2.34. The van der Waals surface area contributed by atoms with E-state index >= 15 is 0 Å². The molecule has 2 heterocycles. The third kappa shape index (κ3) is 6.01. The Kier molecular flexibility index (Phi) is 8.47. The van der Waals surface area contributed by atoms with Crippen LogP contribution in [0.3, 0.4) is 0 Å². The molecular formula is C32H30Cl2N4O3. The van der Waals surface area contributed by atoms with E-state index in [1.54, 1.807) is 43.8 Å². The number of benzene rings is 3. The van der Waals surface area contributed by atoms with Gasteiger partial charge in [0.05, 0.1) is 18.8 Å². The van der Waals surface area contributed by atoms with Gasteiger partial charge in [-0.15, -0.1) is 0 Å². The first-order valence-corrected chi connectivity index (χ1v) is 14.0. The molecule has 0 aliphatic carbocycles. The second-order valence-corrected chi connectivity index (χ2v) is 10.8. The molecule has 210 valence electrons. The second-order valence-electron chi connectivity index (χ2n) is 9.94. The molecule has 0 bridgehead atoms. The molecule has 3 aromatic carbocycles. The highest BCUT2D eigenvalue weighted by Gasteiger charge is 2.53. The number of aliphatic imine (C=N–C) groups is 1. The summed E-state index contributed by atoms with van der Waals surface area (Å²) in [7, 11) is 1.61. The van der Waals surface area contributed by atoms with E-state index in [9.17, 15) is 4.79 Å². The minimum atomic E-state index is -1.32. The van der Waals surface area contributed by atoms with E-state index in [-0.39, 0.29) is 12.0 Å². The molecule has 1 aliphatic heterocycles. The molecule has 0 saturated heterocycles. The maximum Gasteiger partial charge on any atom is 0.253 e. The topological polar surface area (TPSA) is 84.8 Å². The Morgan fingerprint density at radius 2 is 1.63 bits per heavy atom. The minimum Gasteiger partial charge on any atom is -0.497 e. The van der Waals surface area contributed by atoms with Gasteiger partial charge in [-0.25, -0.2) is 0 Å². The minimum absolute atomic E-state index is 0.0976. The van der Waals surface area contributed by atoms with Crippen molar-refractivity contribution < 1.29 is 14.3 Å². The van der Waals surface area contributed by atoms with Crippen molar-refractivity contribution in [3.8, 4) is 11.5 Å². The van der Waals surface area contributed by atoms with E-state index < -0.39 is 11.6 Å². The molecule has 7 nitrogen and oxygen atoms in total. The van der Waals surface area contributed by atoms with Gasteiger partial charge in [-0.05, 0) is 79.1 Å². The van der Waals surface area contributed by atoms with Crippen LogP contribution in [0.15, 0.2) is 96.2 Å². The van der Waals surface area contributed by atoms with E-state index in [4.69, 9.17) is 37.7 Å². The van der Waals surface area contributed by atoms with Crippen LogP contribution in [-0.2, 0) is 16.9 Å². The van der Waals surface area contributed by atoms with Gasteiger partial charge < -0.3 is 20.1 Å². The van der Waals surface area contributed by atoms with Gasteiger partial charge in [-0.1, -0.05) is 47.5 Å². The molecular weight excluding hydrogens is 559 g/mol. The van der Waals surface area contributed by atoms with E-state index in [1.165, 1.54) is 0 Å². The molecule has 1 amide bonds. The van der Waals surface area contributed by atoms with Crippen molar-refractivity contribution >= 4 is 34.9 Å². The smallest absolute Gasteiger partial charge is 0.253 e. The SMILES string of the molecule is COc1ccc(C2=N[C@H](c3ccc(Cl)cc3)[C@](C(=O)NCc3ccncc3)(c3ccc(Cl)cc3)N2)c(OC(C)C)c1. The van der Waals surface area contributed by atoms with E-state index in [0.29, 0.717) is 45.1 Å². The number of carbonyl (C=O) groups is 1. The summed E-state index contributed by atoms with van der Waals surface area (Å²) in [4.78, 5) is 23.7. The lowest BCUT2D eigenvalue weighted by Crippen LogP contribution is -2.55. The summed E-state index contributed by atoms with van der Waals surface area (Å²) in [6, 6.07) is 23.2. The zero-order chi connectivity index (χ0) is 29.0. The van der Waals surface area contributed by atoms with Crippen molar-refractivity contribution in [2.45, 2.75) is 38.1 Å². The fraction of sp³-hybridized carbons (Fsp3) is 0.219. The van der Waals surface area contributed by atoms with Crippen LogP contribution in [0.1, 0.15) is 42.1 Å². The molecule has 0 radical (unpaired) electrons. The molecule has 0 fully saturated rings. The molecule has 1 aliphatic rings. The lowest BCUT2D eigenvalue weighted by molar-refractivity contribution is -0.128. The molecule has 0 saturated carbocycles. The molecule has 9 heteroatoms. The summed E-state index contributed by atoms with van der Waals surface area (Å²) in [5.41, 5.74) is 1.81. The Balaban J connectivity index is 1.66. The number of ether oxygens (including phenoxy) is 2. The number of nitrogens with zero attached hydrogens (tertiary/aromatic N) is 2. The van der Waals surface area contributed by atoms with Crippen LogP contribution in [0, 0.1) is 0 Å². The summed E-state index contributed by atoms with van der Waals surface area (Å²) in [5.74, 6) is 1.49. The van der Waals surface area contributed by atoms with Gasteiger partial charge in [-0.3, -0.25) is 14.8 Å². The molecule has 2 atom stereocenters. The summed E-state index contributed by atoms with van der Waals surface area (Å²) >= 11 is 12.5. The van der Waals surface area contributed by atoms with Crippen LogP contribution >= 0.6 is 23.2 Å². The Labute approximate surface area is 249 Å². The first-order chi connectivity index (χ1) is 19.8. The lowest BCUT2D eigenvalue weighted by atomic mass is 9.79. The van der Waals surface area contributed by atoms with E-state index in [0.717, 1.165) is 11.1 Å². The third-order valence-corrected chi connectivity index (χ3v) is 7.34. The quantitative estimate of drug-likeness (QED) is 0.233. The Morgan fingerprint density at radius 3 is 2.27 bits per heavy atom. The zero-order valence-corrected chi connectivity index (χ0v) is 24.4.